The second-order valence-corrected chi connectivity index (χ2v) is 8.14. The molecule has 0 bridgehead atoms. The SMILES string of the molecule is Cc1sc2ncnc(SCC(=O)N(C3CC3)C(C)C(=O)O)c2c1C. The first-order valence-corrected chi connectivity index (χ1v) is 9.57. The van der Waals surface area contributed by atoms with Crippen LogP contribution in [0.15, 0.2) is 11.4 Å². The number of amides is 1. The molecule has 0 radical (unpaired) electrons. The lowest BCUT2D eigenvalue weighted by molar-refractivity contribution is -0.148. The summed E-state index contributed by atoms with van der Waals surface area (Å²) in [6.07, 6.45) is 3.28. The van der Waals surface area contributed by atoms with E-state index in [0.717, 1.165) is 33.6 Å². The van der Waals surface area contributed by atoms with Crippen LogP contribution >= 0.6 is 23.1 Å². The van der Waals surface area contributed by atoms with Gasteiger partial charge in [-0.2, -0.15) is 0 Å². The summed E-state index contributed by atoms with van der Waals surface area (Å²) in [5.74, 6) is -0.920. The summed E-state index contributed by atoms with van der Waals surface area (Å²) in [5, 5.41) is 11.0. The maximum absolute atomic E-state index is 12.6. The third-order valence-electron chi connectivity index (χ3n) is 4.27. The predicted octanol–water partition coefficient (Wildman–Crippen LogP) is 2.86. The van der Waals surface area contributed by atoms with Crippen LogP contribution in [-0.2, 0) is 9.59 Å². The number of nitrogens with zero attached hydrogens (tertiary/aromatic N) is 3. The summed E-state index contributed by atoms with van der Waals surface area (Å²) in [6.45, 7) is 5.65. The first-order chi connectivity index (χ1) is 11.4. The smallest absolute Gasteiger partial charge is 0.326 e. The van der Waals surface area contributed by atoms with Crippen LogP contribution in [0.3, 0.4) is 0 Å². The van der Waals surface area contributed by atoms with Crippen molar-refractivity contribution in [3.63, 3.8) is 0 Å². The fraction of sp³-hybridized carbons (Fsp3) is 0.500. The molecule has 1 N–H and O–H groups in total. The summed E-state index contributed by atoms with van der Waals surface area (Å²) in [5.41, 5.74) is 1.14. The zero-order valence-electron chi connectivity index (χ0n) is 13.8. The Labute approximate surface area is 148 Å². The van der Waals surface area contributed by atoms with Crippen molar-refractivity contribution < 1.29 is 14.7 Å². The summed E-state index contributed by atoms with van der Waals surface area (Å²) in [6, 6.07) is -0.721. The van der Waals surface area contributed by atoms with Gasteiger partial charge in [0.2, 0.25) is 5.91 Å². The molecule has 128 valence electrons. The van der Waals surface area contributed by atoms with E-state index in [1.165, 1.54) is 27.9 Å². The highest BCUT2D eigenvalue weighted by Crippen LogP contribution is 2.35. The van der Waals surface area contributed by atoms with Crippen molar-refractivity contribution >= 4 is 45.2 Å². The largest absolute Gasteiger partial charge is 0.480 e. The molecule has 2 aromatic heterocycles. The second-order valence-electron chi connectivity index (χ2n) is 5.98. The fourth-order valence-corrected chi connectivity index (χ4v) is 4.66. The Hall–Kier alpha value is -1.67. The number of thiophene rings is 1. The molecule has 1 atom stereocenters. The van der Waals surface area contributed by atoms with Gasteiger partial charge in [-0.1, -0.05) is 11.8 Å². The van der Waals surface area contributed by atoms with E-state index >= 15 is 0 Å². The Bertz CT molecular complexity index is 801. The Kier molecular flexibility index (Phi) is 4.78. The minimum absolute atomic E-state index is 0.0692. The van der Waals surface area contributed by atoms with Gasteiger partial charge in [0.05, 0.1) is 5.75 Å². The van der Waals surface area contributed by atoms with Crippen molar-refractivity contribution in [2.45, 2.75) is 50.7 Å². The number of carbonyl (C=O) groups excluding carboxylic acids is 1. The van der Waals surface area contributed by atoms with Gasteiger partial charge in [-0.25, -0.2) is 14.8 Å². The molecule has 1 amide bonds. The molecule has 2 heterocycles. The molecular weight excluding hydrogens is 346 g/mol. The number of carboxylic acids is 1. The molecule has 0 spiro atoms. The Morgan fingerprint density at radius 1 is 1.42 bits per heavy atom. The maximum atomic E-state index is 12.6. The third-order valence-corrected chi connectivity index (χ3v) is 6.36. The number of carboxylic acid groups (broad SMARTS) is 1. The van der Waals surface area contributed by atoms with Gasteiger partial charge in [0.15, 0.2) is 0 Å². The molecule has 0 aliphatic heterocycles. The van der Waals surface area contributed by atoms with Crippen molar-refractivity contribution in [2.75, 3.05) is 5.75 Å². The predicted molar refractivity (Wildman–Crippen MR) is 94.6 cm³/mol. The van der Waals surface area contributed by atoms with Crippen LogP contribution in [0.2, 0.25) is 0 Å². The first kappa shape index (κ1) is 17.2. The highest BCUT2D eigenvalue weighted by Gasteiger charge is 2.38. The quantitative estimate of drug-likeness (QED) is 0.626. The normalized spacial score (nSPS) is 15.5. The van der Waals surface area contributed by atoms with E-state index < -0.39 is 12.0 Å². The minimum atomic E-state index is -0.964. The standard InChI is InChI=1S/C16H19N3O3S2/c1-8-10(3)24-15-13(8)14(17-7-18-15)23-6-12(20)19(11-4-5-11)9(2)16(21)22/h7,9,11H,4-6H2,1-3H3,(H,21,22). The topological polar surface area (TPSA) is 83.4 Å². The summed E-state index contributed by atoms with van der Waals surface area (Å²) in [7, 11) is 0. The first-order valence-electron chi connectivity index (χ1n) is 7.77. The van der Waals surface area contributed by atoms with Gasteiger partial charge in [-0.3, -0.25) is 4.79 Å². The Morgan fingerprint density at radius 2 is 2.12 bits per heavy atom. The molecule has 2 aromatic rings. The number of rotatable bonds is 6. The molecule has 24 heavy (non-hydrogen) atoms. The molecule has 6 nitrogen and oxygen atoms in total. The van der Waals surface area contributed by atoms with Crippen molar-refractivity contribution in [3.05, 3.63) is 16.8 Å². The van der Waals surface area contributed by atoms with E-state index in [0.29, 0.717) is 0 Å². The highest BCUT2D eigenvalue weighted by molar-refractivity contribution is 8.00. The molecule has 1 unspecified atom stereocenters. The average molecular weight is 365 g/mol. The molecule has 1 aliphatic rings. The molecule has 1 aliphatic carbocycles. The Morgan fingerprint density at radius 3 is 2.75 bits per heavy atom. The van der Waals surface area contributed by atoms with E-state index in [9.17, 15) is 14.7 Å². The summed E-state index contributed by atoms with van der Waals surface area (Å²) in [4.78, 5) is 36.1. The lowest BCUT2D eigenvalue weighted by Gasteiger charge is -2.26. The molecule has 3 rings (SSSR count). The summed E-state index contributed by atoms with van der Waals surface area (Å²) < 4.78 is 0. The monoisotopic (exact) mass is 365 g/mol. The van der Waals surface area contributed by atoms with Crippen LogP contribution in [0.25, 0.3) is 10.2 Å². The number of aryl methyl sites for hydroxylation is 2. The highest BCUT2D eigenvalue weighted by atomic mass is 32.2. The lowest BCUT2D eigenvalue weighted by Crippen LogP contribution is -2.45. The van der Waals surface area contributed by atoms with Gasteiger partial charge < -0.3 is 10.0 Å². The van der Waals surface area contributed by atoms with Crippen molar-refractivity contribution in [1.82, 2.24) is 14.9 Å². The minimum Gasteiger partial charge on any atom is -0.480 e. The van der Waals surface area contributed by atoms with Crippen LogP contribution in [0.5, 0.6) is 0 Å². The second kappa shape index (κ2) is 6.68. The van der Waals surface area contributed by atoms with Crippen LogP contribution in [0.1, 0.15) is 30.2 Å². The van der Waals surface area contributed by atoms with Crippen molar-refractivity contribution in [1.29, 1.82) is 0 Å². The van der Waals surface area contributed by atoms with E-state index in [-0.39, 0.29) is 17.7 Å². The lowest BCUT2D eigenvalue weighted by atomic mass is 10.2. The zero-order valence-corrected chi connectivity index (χ0v) is 15.4. The van der Waals surface area contributed by atoms with Crippen molar-refractivity contribution in [2.24, 2.45) is 0 Å². The number of thioether (sulfide) groups is 1. The fourth-order valence-electron chi connectivity index (χ4n) is 2.67. The number of hydrogen-bond acceptors (Lipinski definition) is 6. The number of aliphatic carboxylic acids is 1. The van der Waals surface area contributed by atoms with E-state index in [1.807, 2.05) is 13.8 Å². The maximum Gasteiger partial charge on any atom is 0.326 e. The van der Waals surface area contributed by atoms with E-state index in [4.69, 9.17) is 0 Å². The van der Waals surface area contributed by atoms with Crippen molar-refractivity contribution in [3.8, 4) is 0 Å². The third kappa shape index (κ3) is 3.25. The number of carbonyl (C=O) groups is 2. The van der Waals surface area contributed by atoms with E-state index in [1.54, 1.807) is 18.3 Å². The van der Waals surface area contributed by atoms with Gasteiger partial charge in [0.1, 0.15) is 22.2 Å². The Balaban J connectivity index is 1.78. The molecule has 0 saturated heterocycles. The zero-order chi connectivity index (χ0) is 17.4. The number of fused-ring (bicyclic) bond motifs is 1. The number of hydrogen-bond donors (Lipinski definition) is 1. The van der Waals surface area contributed by atoms with Gasteiger partial charge in [0, 0.05) is 16.3 Å². The molecule has 1 fully saturated rings. The van der Waals surface area contributed by atoms with Gasteiger partial charge >= 0.3 is 5.97 Å². The van der Waals surface area contributed by atoms with Gasteiger partial charge in [0.25, 0.3) is 0 Å². The van der Waals surface area contributed by atoms with Crippen LogP contribution in [0.4, 0.5) is 0 Å². The van der Waals surface area contributed by atoms with Gasteiger partial charge in [-0.05, 0) is 39.2 Å². The van der Waals surface area contributed by atoms with Crippen LogP contribution in [0, 0.1) is 13.8 Å². The molecule has 1 saturated carbocycles. The molecular formula is C16H19N3O3S2. The molecule has 0 aromatic carbocycles. The van der Waals surface area contributed by atoms with Gasteiger partial charge in [-0.15, -0.1) is 11.3 Å². The average Bonchev–Trinajstić information content (AvgIpc) is 3.32. The summed E-state index contributed by atoms with van der Waals surface area (Å²) >= 11 is 2.98. The molecule has 8 heteroatoms. The van der Waals surface area contributed by atoms with Crippen LogP contribution < -0.4 is 0 Å². The van der Waals surface area contributed by atoms with Crippen LogP contribution in [-0.4, -0.2) is 49.7 Å². The van der Waals surface area contributed by atoms with E-state index in [2.05, 4.69) is 9.97 Å². The number of aromatic nitrogens is 2.